The number of rotatable bonds is 5. The van der Waals surface area contributed by atoms with E-state index in [1.54, 1.807) is 19.2 Å². The zero-order valence-electron chi connectivity index (χ0n) is 17.1. The molecule has 1 aromatic heterocycles. The highest BCUT2D eigenvalue weighted by Crippen LogP contribution is 2.16. The van der Waals surface area contributed by atoms with Crippen LogP contribution in [0.25, 0.3) is 0 Å². The molecule has 6 nitrogen and oxygen atoms in total. The van der Waals surface area contributed by atoms with E-state index < -0.39 is 0 Å². The van der Waals surface area contributed by atoms with Gasteiger partial charge in [0.05, 0.1) is 12.7 Å². The number of hydrogen-bond donors (Lipinski definition) is 1. The lowest BCUT2D eigenvalue weighted by Gasteiger charge is -2.32. The van der Waals surface area contributed by atoms with E-state index in [1.165, 1.54) is 6.07 Å². The monoisotopic (exact) mass is 513 g/mol. The van der Waals surface area contributed by atoms with Crippen LogP contribution in [0.15, 0.2) is 47.6 Å². The Bertz CT molecular complexity index is 819. The Morgan fingerprint density at radius 3 is 2.90 bits per heavy atom. The summed E-state index contributed by atoms with van der Waals surface area (Å²) < 4.78 is 19.0. The molecule has 2 heterocycles. The largest absolute Gasteiger partial charge is 0.375 e. The normalized spacial score (nSPS) is 16.9. The summed E-state index contributed by atoms with van der Waals surface area (Å²) in [6.07, 6.45) is 2.05. The van der Waals surface area contributed by atoms with E-state index in [9.17, 15) is 4.39 Å². The minimum absolute atomic E-state index is 0. The number of anilines is 1. The van der Waals surface area contributed by atoms with E-state index >= 15 is 0 Å². The number of pyridine rings is 1. The predicted octanol–water partition coefficient (Wildman–Crippen LogP) is 3.27. The average Bonchev–Trinajstić information content (AvgIpc) is 2.69. The molecule has 29 heavy (non-hydrogen) atoms. The topological polar surface area (TPSA) is 53.0 Å². The van der Waals surface area contributed by atoms with Crippen molar-refractivity contribution in [2.45, 2.75) is 26.1 Å². The fourth-order valence-electron chi connectivity index (χ4n) is 3.32. The highest BCUT2D eigenvalue weighted by molar-refractivity contribution is 14.0. The van der Waals surface area contributed by atoms with Crippen LogP contribution in [0.2, 0.25) is 0 Å². The summed E-state index contributed by atoms with van der Waals surface area (Å²) in [5.74, 6) is 1.50. The van der Waals surface area contributed by atoms with E-state index in [4.69, 9.17) is 4.74 Å². The van der Waals surface area contributed by atoms with Crippen molar-refractivity contribution in [1.82, 2.24) is 15.2 Å². The molecule has 1 fully saturated rings. The van der Waals surface area contributed by atoms with Crippen molar-refractivity contribution >= 4 is 35.8 Å². The fraction of sp³-hybridized carbons (Fsp3) is 0.429. The number of ether oxygens (including phenoxy) is 1. The van der Waals surface area contributed by atoms with Crippen LogP contribution in [0.1, 0.15) is 18.1 Å². The summed E-state index contributed by atoms with van der Waals surface area (Å²) >= 11 is 0. The van der Waals surface area contributed by atoms with Gasteiger partial charge in [-0.05, 0) is 42.3 Å². The van der Waals surface area contributed by atoms with E-state index in [1.807, 2.05) is 30.3 Å². The minimum atomic E-state index is -0.226. The van der Waals surface area contributed by atoms with Crippen LogP contribution in [0, 0.1) is 5.82 Å². The van der Waals surface area contributed by atoms with Crippen LogP contribution in [0.4, 0.5) is 10.2 Å². The maximum absolute atomic E-state index is 13.4. The van der Waals surface area contributed by atoms with E-state index in [0.717, 1.165) is 42.6 Å². The lowest BCUT2D eigenvalue weighted by atomic mass is 10.2. The molecule has 1 aliphatic rings. The molecule has 0 saturated carbocycles. The van der Waals surface area contributed by atoms with Crippen LogP contribution in [0.5, 0.6) is 0 Å². The molecular formula is C21H29FIN5O. The molecule has 3 rings (SSSR count). The van der Waals surface area contributed by atoms with Crippen LogP contribution in [-0.4, -0.2) is 55.7 Å². The maximum atomic E-state index is 13.4. The summed E-state index contributed by atoms with van der Waals surface area (Å²) in [6, 6.07) is 10.7. The van der Waals surface area contributed by atoms with Gasteiger partial charge in [0.15, 0.2) is 5.96 Å². The summed E-state index contributed by atoms with van der Waals surface area (Å²) in [4.78, 5) is 13.1. The molecule has 1 N–H and O–H groups in total. The molecule has 0 aliphatic carbocycles. The van der Waals surface area contributed by atoms with E-state index in [-0.39, 0.29) is 35.9 Å². The Hall–Kier alpha value is -1.94. The first kappa shape index (κ1) is 23.3. The molecule has 0 bridgehead atoms. The van der Waals surface area contributed by atoms with Crippen molar-refractivity contribution in [2.75, 3.05) is 38.7 Å². The number of guanidine groups is 1. The summed E-state index contributed by atoms with van der Waals surface area (Å²) in [5.41, 5.74) is 2.03. The Morgan fingerprint density at radius 2 is 2.17 bits per heavy atom. The standard InChI is InChI=1S/C21H28FN5O.HI/c1-16-14-27(9-10-28-16)20-12-17(7-8-24-20)13-25-21(23-2)26(3)15-18-5-4-6-19(22)11-18;/h4-8,11-12,16H,9-10,13-15H2,1-3H3,(H,23,25);1H. The van der Waals surface area contributed by atoms with Crippen LogP contribution in [0.3, 0.4) is 0 Å². The predicted molar refractivity (Wildman–Crippen MR) is 125 cm³/mol. The molecule has 1 aliphatic heterocycles. The number of aliphatic imine (C=N–C) groups is 1. The summed E-state index contributed by atoms with van der Waals surface area (Å²) in [7, 11) is 3.69. The second-order valence-electron chi connectivity index (χ2n) is 7.04. The number of nitrogens with one attached hydrogen (secondary N) is 1. The van der Waals surface area contributed by atoms with Gasteiger partial charge in [-0.1, -0.05) is 12.1 Å². The number of hydrogen-bond acceptors (Lipinski definition) is 4. The number of benzene rings is 1. The number of nitrogens with zero attached hydrogens (tertiary/aromatic N) is 4. The molecule has 2 aromatic rings. The van der Waals surface area contributed by atoms with Crippen molar-refractivity contribution < 1.29 is 9.13 Å². The molecular weight excluding hydrogens is 484 g/mol. The van der Waals surface area contributed by atoms with Gasteiger partial charge in [0.2, 0.25) is 0 Å². The van der Waals surface area contributed by atoms with Crippen molar-refractivity contribution in [3.63, 3.8) is 0 Å². The minimum Gasteiger partial charge on any atom is -0.375 e. The third-order valence-corrected chi connectivity index (χ3v) is 4.71. The molecule has 1 atom stereocenters. The van der Waals surface area contributed by atoms with Crippen molar-refractivity contribution in [2.24, 2.45) is 4.99 Å². The van der Waals surface area contributed by atoms with Crippen LogP contribution in [-0.2, 0) is 17.8 Å². The molecule has 1 aromatic carbocycles. The first-order valence-corrected chi connectivity index (χ1v) is 9.53. The number of aromatic nitrogens is 1. The molecule has 0 amide bonds. The number of halogens is 2. The molecule has 8 heteroatoms. The highest BCUT2D eigenvalue weighted by Gasteiger charge is 2.18. The van der Waals surface area contributed by atoms with Crippen LogP contribution >= 0.6 is 24.0 Å². The van der Waals surface area contributed by atoms with Gasteiger partial charge < -0.3 is 19.9 Å². The average molecular weight is 513 g/mol. The second-order valence-corrected chi connectivity index (χ2v) is 7.04. The Balaban J connectivity index is 0.00000300. The van der Waals surface area contributed by atoms with E-state index in [2.05, 4.69) is 33.2 Å². The van der Waals surface area contributed by atoms with Gasteiger partial charge in [-0.25, -0.2) is 9.37 Å². The first-order chi connectivity index (χ1) is 13.5. The van der Waals surface area contributed by atoms with Crippen molar-refractivity contribution in [3.8, 4) is 0 Å². The van der Waals surface area contributed by atoms with Gasteiger partial charge in [0, 0.05) is 46.5 Å². The SMILES string of the molecule is CN=C(NCc1ccnc(N2CCOC(C)C2)c1)N(C)Cc1cccc(F)c1.I. The highest BCUT2D eigenvalue weighted by atomic mass is 127. The van der Waals surface area contributed by atoms with E-state index in [0.29, 0.717) is 13.1 Å². The molecule has 0 spiro atoms. The van der Waals surface area contributed by atoms with Crippen molar-refractivity contribution in [1.29, 1.82) is 0 Å². The van der Waals surface area contributed by atoms with Gasteiger partial charge in [0.1, 0.15) is 11.6 Å². The summed E-state index contributed by atoms with van der Waals surface area (Å²) in [6.45, 7) is 5.72. The zero-order chi connectivity index (χ0) is 19.9. The molecule has 1 unspecified atom stereocenters. The summed E-state index contributed by atoms with van der Waals surface area (Å²) in [5, 5.41) is 3.37. The lowest BCUT2D eigenvalue weighted by molar-refractivity contribution is 0.0529. The third-order valence-electron chi connectivity index (χ3n) is 4.71. The quantitative estimate of drug-likeness (QED) is 0.378. The van der Waals surface area contributed by atoms with Gasteiger partial charge >= 0.3 is 0 Å². The van der Waals surface area contributed by atoms with Crippen molar-refractivity contribution in [3.05, 3.63) is 59.5 Å². The van der Waals surface area contributed by atoms with Gasteiger partial charge in [-0.3, -0.25) is 4.99 Å². The van der Waals surface area contributed by atoms with Gasteiger partial charge in [-0.2, -0.15) is 0 Å². The molecule has 1 saturated heterocycles. The Kier molecular flexibility index (Phi) is 9.09. The second kappa shape index (κ2) is 11.3. The lowest BCUT2D eigenvalue weighted by Crippen LogP contribution is -2.41. The van der Waals surface area contributed by atoms with Gasteiger partial charge in [-0.15, -0.1) is 24.0 Å². The zero-order valence-corrected chi connectivity index (χ0v) is 19.5. The molecule has 0 radical (unpaired) electrons. The molecule has 158 valence electrons. The van der Waals surface area contributed by atoms with Gasteiger partial charge in [0.25, 0.3) is 0 Å². The van der Waals surface area contributed by atoms with Crippen LogP contribution < -0.4 is 10.2 Å². The number of morpholine rings is 1. The Morgan fingerprint density at radius 1 is 1.34 bits per heavy atom. The smallest absolute Gasteiger partial charge is 0.193 e. The maximum Gasteiger partial charge on any atom is 0.193 e. The fourth-order valence-corrected chi connectivity index (χ4v) is 3.32. The third kappa shape index (κ3) is 6.81. The Labute approximate surface area is 189 Å². The first-order valence-electron chi connectivity index (χ1n) is 9.53.